The summed E-state index contributed by atoms with van der Waals surface area (Å²) in [5.74, 6) is 0.140. The molecule has 9 heteroatoms. The largest absolute Gasteiger partial charge is 0.469 e. The molecule has 4 heterocycles. The molecule has 6 nitrogen and oxygen atoms in total. The number of aromatic nitrogens is 1. The molecule has 3 aliphatic rings. The Morgan fingerprint density at radius 3 is 2.59 bits per heavy atom. The maximum atomic E-state index is 14.9. The maximum Gasteiger partial charge on any atom is 0.305 e. The molecule has 4 atom stereocenters. The third-order valence-electron chi connectivity index (χ3n) is 9.46. The minimum absolute atomic E-state index is 0.0206. The van der Waals surface area contributed by atoms with Crippen molar-refractivity contribution in [3.63, 3.8) is 0 Å². The van der Waals surface area contributed by atoms with Gasteiger partial charge < -0.3 is 14.2 Å². The Labute approximate surface area is 250 Å². The number of halogens is 3. The predicted molar refractivity (Wildman–Crippen MR) is 159 cm³/mol. The van der Waals surface area contributed by atoms with Crippen molar-refractivity contribution in [2.45, 2.75) is 63.6 Å². The number of ether oxygens (including phenoxy) is 1. The van der Waals surface area contributed by atoms with E-state index >= 15 is 0 Å². The molecule has 6 rings (SSSR count). The van der Waals surface area contributed by atoms with Gasteiger partial charge in [0.15, 0.2) is 0 Å². The number of hydrogen-bond acceptors (Lipinski definition) is 4. The van der Waals surface area contributed by atoms with E-state index in [4.69, 9.17) is 27.9 Å². The van der Waals surface area contributed by atoms with Gasteiger partial charge in [-0.05, 0) is 99.8 Å². The van der Waals surface area contributed by atoms with Crippen molar-refractivity contribution in [2.24, 2.45) is 11.8 Å². The van der Waals surface area contributed by atoms with Gasteiger partial charge in [0.1, 0.15) is 11.5 Å². The maximum absolute atomic E-state index is 14.9. The second-order valence-electron chi connectivity index (χ2n) is 11.8. The molecule has 0 bridgehead atoms. The lowest BCUT2D eigenvalue weighted by molar-refractivity contribution is -0.140. The fourth-order valence-electron chi connectivity index (χ4n) is 7.71. The van der Waals surface area contributed by atoms with E-state index in [0.717, 1.165) is 56.1 Å². The molecule has 0 spiro atoms. The SMILES string of the molecule is COC(=O)CCC[C@@H]1[C@H]2CCCN3CCC[C@@H](CN1C(=O)c1cc4ccc(Cl)cc4n1Cc1cc(Cl)ccc1F)[C@@H]23. The monoisotopic (exact) mass is 599 g/mol. The normalized spacial score (nSPS) is 24.3. The first-order valence-corrected chi connectivity index (χ1v) is 15.4. The van der Waals surface area contributed by atoms with Crippen molar-refractivity contribution in [1.29, 1.82) is 0 Å². The van der Waals surface area contributed by atoms with Crippen molar-refractivity contribution in [1.82, 2.24) is 14.4 Å². The molecular formula is C32H36Cl2FN3O3. The molecule has 0 radical (unpaired) electrons. The number of likely N-dealkylation sites (tertiary alicyclic amines) is 1. The van der Waals surface area contributed by atoms with Gasteiger partial charge in [0.2, 0.25) is 0 Å². The minimum atomic E-state index is -0.373. The van der Waals surface area contributed by atoms with Crippen LogP contribution in [-0.2, 0) is 16.1 Å². The molecule has 0 saturated carbocycles. The van der Waals surface area contributed by atoms with Crippen molar-refractivity contribution in [2.75, 3.05) is 26.7 Å². The van der Waals surface area contributed by atoms with Crippen molar-refractivity contribution in [3.05, 3.63) is 69.6 Å². The zero-order chi connectivity index (χ0) is 28.7. The van der Waals surface area contributed by atoms with Crippen LogP contribution in [0.2, 0.25) is 10.0 Å². The first-order chi connectivity index (χ1) is 19.8. The quantitative estimate of drug-likeness (QED) is 0.280. The van der Waals surface area contributed by atoms with Crippen molar-refractivity contribution < 1.29 is 18.7 Å². The van der Waals surface area contributed by atoms with Crippen LogP contribution in [0, 0.1) is 17.7 Å². The van der Waals surface area contributed by atoms with Gasteiger partial charge in [-0.15, -0.1) is 0 Å². The summed E-state index contributed by atoms with van der Waals surface area (Å²) in [6.45, 7) is 3.09. The van der Waals surface area contributed by atoms with E-state index in [1.165, 1.54) is 19.2 Å². The number of methoxy groups -OCH3 is 1. The number of carbonyl (C=O) groups is 2. The van der Waals surface area contributed by atoms with E-state index in [0.29, 0.717) is 58.6 Å². The van der Waals surface area contributed by atoms with Crippen LogP contribution in [0.1, 0.15) is 61.0 Å². The Kier molecular flexibility index (Phi) is 8.30. The van der Waals surface area contributed by atoms with Gasteiger partial charge in [0.05, 0.1) is 19.2 Å². The number of hydrogen-bond donors (Lipinski definition) is 0. The number of nitrogens with zero attached hydrogens (tertiary/aromatic N) is 3. The second kappa shape index (κ2) is 11.9. The van der Waals surface area contributed by atoms with E-state index in [1.807, 2.05) is 28.8 Å². The van der Waals surface area contributed by atoms with E-state index in [2.05, 4.69) is 9.80 Å². The van der Waals surface area contributed by atoms with Crippen LogP contribution in [0.4, 0.5) is 4.39 Å². The van der Waals surface area contributed by atoms with Gasteiger partial charge in [0.25, 0.3) is 5.91 Å². The van der Waals surface area contributed by atoms with Crippen LogP contribution in [0.15, 0.2) is 42.5 Å². The highest BCUT2D eigenvalue weighted by atomic mass is 35.5. The van der Waals surface area contributed by atoms with Crippen LogP contribution in [-0.4, -0.2) is 65.1 Å². The molecule has 0 N–H and O–H groups in total. The predicted octanol–water partition coefficient (Wildman–Crippen LogP) is 6.79. The number of esters is 1. The third-order valence-corrected chi connectivity index (χ3v) is 9.93. The topological polar surface area (TPSA) is 54.8 Å². The molecule has 1 amide bonds. The molecule has 3 fully saturated rings. The minimum Gasteiger partial charge on any atom is -0.469 e. The van der Waals surface area contributed by atoms with Crippen LogP contribution >= 0.6 is 23.2 Å². The molecule has 3 aromatic rings. The van der Waals surface area contributed by atoms with E-state index in [1.54, 1.807) is 6.07 Å². The second-order valence-corrected chi connectivity index (χ2v) is 12.7. The standard InChI is InChI=1S/C32H36Cl2FN3O3/c1-41-30(39)8-2-7-27-25-6-4-14-36-13-3-5-21(31(25)36)18-38(27)32(40)29-16-20-9-10-24(34)17-28(20)37(29)19-22-15-23(33)11-12-26(22)35/h9-12,15-17,21,25,27,31H,2-8,13-14,18-19H2,1H3/t21-,25+,27+,31-/m0/s1. The molecule has 3 aliphatic heterocycles. The molecule has 41 heavy (non-hydrogen) atoms. The van der Waals surface area contributed by atoms with Gasteiger partial charge in [-0.3, -0.25) is 14.5 Å². The van der Waals surface area contributed by atoms with Crippen LogP contribution in [0.5, 0.6) is 0 Å². The van der Waals surface area contributed by atoms with Gasteiger partial charge in [-0.25, -0.2) is 4.39 Å². The van der Waals surface area contributed by atoms with Gasteiger partial charge >= 0.3 is 5.97 Å². The Morgan fingerprint density at radius 2 is 1.78 bits per heavy atom. The number of carbonyl (C=O) groups excluding carboxylic acids is 2. The number of benzene rings is 2. The highest BCUT2D eigenvalue weighted by Crippen LogP contribution is 2.44. The lowest BCUT2D eigenvalue weighted by atomic mass is 9.69. The number of amides is 1. The summed E-state index contributed by atoms with van der Waals surface area (Å²) in [7, 11) is 1.41. The summed E-state index contributed by atoms with van der Waals surface area (Å²) in [6.07, 6.45) is 6.22. The molecule has 0 aliphatic carbocycles. The zero-order valence-electron chi connectivity index (χ0n) is 23.3. The molecule has 218 valence electrons. The first kappa shape index (κ1) is 28.5. The number of fused-ring (bicyclic) bond motifs is 1. The number of piperidine rings is 3. The van der Waals surface area contributed by atoms with Gasteiger partial charge in [-0.1, -0.05) is 29.3 Å². The van der Waals surface area contributed by atoms with Crippen molar-refractivity contribution in [3.8, 4) is 0 Å². The van der Waals surface area contributed by atoms with E-state index in [9.17, 15) is 14.0 Å². The summed E-state index contributed by atoms with van der Waals surface area (Å²) in [6, 6.07) is 12.4. The van der Waals surface area contributed by atoms with E-state index in [-0.39, 0.29) is 30.3 Å². The third kappa shape index (κ3) is 5.61. The Balaban J connectivity index is 1.39. The van der Waals surface area contributed by atoms with Crippen LogP contribution in [0.3, 0.4) is 0 Å². The Morgan fingerprint density at radius 1 is 1.02 bits per heavy atom. The fraction of sp³-hybridized carbons (Fsp3) is 0.500. The fourth-order valence-corrected chi connectivity index (χ4v) is 8.07. The van der Waals surface area contributed by atoms with E-state index < -0.39 is 0 Å². The highest BCUT2D eigenvalue weighted by molar-refractivity contribution is 6.31. The summed E-state index contributed by atoms with van der Waals surface area (Å²) >= 11 is 12.6. The summed E-state index contributed by atoms with van der Waals surface area (Å²) in [5.41, 5.74) is 1.70. The summed E-state index contributed by atoms with van der Waals surface area (Å²) < 4.78 is 21.7. The molecule has 0 unspecified atom stereocenters. The highest BCUT2D eigenvalue weighted by Gasteiger charge is 2.49. The molecule has 1 aromatic heterocycles. The van der Waals surface area contributed by atoms with Crippen molar-refractivity contribution >= 4 is 46.0 Å². The van der Waals surface area contributed by atoms with Crippen LogP contribution < -0.4 is 0 Å². The lowest BCUT2D eigenvalue weighted by Crippen LogP contribution is -2.65. The molecule has 3 saturated heterocycles. The summed E-state index contributed by atoms with van der Waals surface area (Å²) in [5, 5.41) is 1.86. The summed E-state index contributed by atoms with van der Waals surface area (Å²) in [4.78, 5) is 31.4. The molecular weight excluding hydrogens is 564 g/mol. The van der Waals surface area contributed by atoms with Crippen LogP contribution in [0.25, 0.3) is 10.9 Å². The molecule has 2 aromatic carbocycles. The Hall–Kier alpha value is -2.61. The Bertz CT molecular complexity index is 1460. The number of rotatable bonds is 7. The zero-order valence-corrected chi connectivity index (χ0v) is 24.8. The lowest BCUT2D eigenvalue weighted by Gasteiger charge is -2.57. The van der Waals surface area contributed by atoms with Gasteiger partial charge in [-0.2, -0.15) is 0 Å². The average Bonchev–Trinajstić information content (AvgIpc) is 3.32. The first-order valence-electron chi connectivity index (χ1n) is 14.7. The van der Waals surface area contributed by atoms with Gasteiger partial charge in [0, 0.05) is 46.0 Å². The average molecular weight is 601 g/mol. The smallest absolute Gasteiger partial charge is 0.305 e.